The fraction of sp³-hybridized carbons (Fsp3) is 0.308. The fourth-order valence-corrected chi connectivity index (χ4v) is 1.96. The van der Waals surface area contributed by atoms with Crippen LogP contribution in [0.25, 0.3) is 0 Å². The van der Waals surface area contributed by atoms with Gasteiger partial charge < -0.3 is 10.1 Å². The van der Waals surface area contributed by atoms with Gasteiger partial charge in [0, 0.05) is 11.1 Å². The Kier molecular flexibility index (Phi) is 4.38. The van der Waals surface area contributed by atoms with Crippen LogP contribution >= 0.6 is 11.3 Å². The van der Waals surface area contributed by atoms with Gasteiger partial charge in [-0.25, -0.2) is 4.98 Å². The Hall–Kier alpha value is -1.55. The van der Waals surface area contributed by atoms with Gasteiger partial charge in [0.25, 0.3) is 0 Å². The smallest absolute Gasteiger partial charge is 0.119 e. The van der Waals surface area contributed by atoms with E-state index in [1.165, 1.54) is 0 Å². The lowest BCUT2D eigenvalue weighted by Crippen LogP contribution is -1.99. The first-order valence-electron chi connectivity index (χ1n) is 5.72. The molecule has 0 bridgehead atoms. The number of thiazole rings is 1. The molecule has 0 fully saturated rings. The Bertz CT molecular complexity index is 425. The fourth-order valence-electron chi connectivity index (χ4n) is 1.41. The largest absolute Gasteiger partial charge is 0.494 e. The quantitative estimate of drug-likeness (QED) is 0.849. The first kappa shape index (κ1) is 11.9. The Labute approximate surface area is 105 Å². The van der Waals surface area contributed by atoms with Crippen molar-refractivity contribution in [3.8, 4) is 5.75 Å². The number of nitrogens with zero attached hydrogens (tertiary/aromatic N) is 1. The van der Waals surface area contributed by atoms with Crippen LogP contribution in [0.5, 0.6) is 5.75 Å². The standard InChI is InChI=1S/C13H16N2OS/c1-2-7-16-13-5-3-11(4-6-13)14-8-12-9-17-10-15-12/h3-6,9-10,14H,2,7-8H2,1H3. The average Bonchev–Trinajstić information content (AvgIpc) is 2.88. The molecule has 17 heavy (non-hydrogen) atoms. The van der Waals surface area contributed by atoms with E-state index in [1.807, 2.05) is 35.2 Å². The van der Waals surface area contributed by atoms with Gasteiger partial charge in [-0.15, -0.1) is 11.3 Å². The van der Waals surface area contributed by atoms with Gasteiger partial charge in [0.05, 0.1) is 24.4 Å². The molecule has 0 aliphatic rings. The number of anilines is 1. The van der Waals surface area contributed by atoms with Gasteiger partial charge >= 0.3 is 0 Å². The second kappa shape index (κ2) is 6.25. The summed E-state index contributed by atoms with van der Waals surface area (Å²) in [5.41, 5.74) is 4.00. The second-order valence-corrected chi connectivity index (χ2v) is 4.42. The lowest BCUT2D eigenvalue weighted by molar-refractivity contribution is 0.317. The van der Waals surface area contributed by atoms with Crippen LogP contribution in [0.4, 0.5) is 5.69 Å². The summed E-state index contributed by atoms with van der Waals surface area (Å²) in [5.74, 6) is 0.922. The summed E-state index contributed by atoms with van der Waals surface area (Å²) in [6, 6.07) is 8.02. The molecule has 0 aliphatic carbocycles. The Morgan fingerprint density at radius 3 is 2.76 bits per heavy atom. The highest BCUT2D eigenvalue weighted by atomic mass is 32.1. The van der Waals surface area contributed by atoms with Crippen LogP contribution in [0.15, 0.2) is 35.2 Å². The van der Waals surface area contributed by atoms with Crippen molar-refractivity contribution in [2.75, 3.05) is 11.9 Å². The molecule has 2 aromatic rings. The van der Waals surface area contributed by atoms with Crippen molar-refractivity contribution in [1.82, 2.24) is 4.98 Å². The monoisotopic (exact) mass is 248 g/mol. The normalized spacial score (nSPS) is 10.2. The van der Waals surface area contributed by atoms with Gasteiger partial charge in [-0.1, -0.05) is 6.92 Å². The molecule has 90 valence electrons. The highest BCUT2D eigenvalue weighted by Crippen LogP contribution is 2.16. The van der Waals surface area contributed by atoms with Crippen LogP contribution < -0.4 is 10.1 Å². The van der Waals surface area contributed by atoms with E-state index < -0.39 is 0 Å². The number of aromatic nitrogens is 1. The van der Waals surface area contributed by atoms with Crippen LogP contribution in [0.3, 0.4) is 0 Å². The van der Waals surface area contributed by atoms with Crippen LogP contribution in [0.2, 0.25) is 0 Å². The van der Waals surface area contributed by atoms with Gasteiger partial charge in [0.15, 0.2) is 0 Å². The summed E-state index contributed by atoms with van der Waals surface area (Å²) in [6.45, 7) is 3.63. The van der Waals surface area contributed by atoms with Crippen molar-refractivity contribution in [1.29, 1.82) is 0 Å². The molecule has 1 aromatic heterocycles. The average molecular weight is 248 g/mol. The van der Waals surface area contributed by atoms with E-state index >= 15 is 0 Å². The maximum atomic E-state index is 5.52. The Morgan fingerprint density at radius 2 is 2.12 bits per heavy atom. The van der Waals surface area contributed by atoms with Gasteiger partial charge in [-0.2, -0.15) is 0 Å². The SMILES string of the molecule is CCCOc1ccc(NCc2cscn2)cc1. The third-order valence-corrected chi connectivity index (χ3v) is 2.92. The second-order valence-electron chi connectivity index (χ2n) is 3.71. The van der Waals surface area contributed by atoms with Gasteiger partial charge in [-0.3, -0.25) is 0 Å². The molecule has 1 aromatic carbocycles. The molecular formula is C13H16N2OS. The molecule has 0 atom stereocenters. The number of rotatable bonds is 6. The number of nitrogens with one attached hydrogen (secondary N) is 1. The van der Waals surface area contributed by atoms with Crippen LogP contribution in [-0.2, 0) is 6.54 Å². The van der Waals surface area contributed by atoms with Gasteiger partial charge in [0.1, 0.15) is 5.75 Å². The summed E-state index contributed by atoms with van der Waals surface area (Å²) in [5, 5.41) is 5.37. The van der Waals surface area contributed by atoms with E-state index in [4.69, 9.17) is 4.74 Å². The number of ether oxygens (including phenoxy) is 1. The van der Waals surface area contributed by atoms with E-state index in [-0.39, 0.29) is 0 Å². The molecule has 3 nitrogen and oxygen atoms in total. The number of hydrogen-bond donors (Lipinski definition) is 1. The van der Waals surface area contributed by atoms with Crippen LogP contribution in [0, 0.1) is 0 Å². The van der Waals surface area contributed by atoms with Crippen molar-refractivity contribution in [3.63, 3.8) is 0 Å². The van der Waals surface area contributed by atoms with Crippen molar-refractivity contribution in [3.05, 3.63) is 40.8 Å². The van der Waals surface area contributed by atoms with Crippen LogP contribution in [-0.4, -0.2) is 11.6 Å². The molecule has 0 unspecified atom stereocenters. The summed E-state index contributed by atoms with van der Waals surface area (Å²) in [6.07, 6.45) is 1.03. The minimum Gasteiger partial charge on any atom is -0.494 e. The van der Waals surface area contributed by atoms with Gasteiger partial charge in [0.2, 0.25) is 0 Å². The van der Waals surface area contributed by atoms with Crippen molar-refractivity contribution < 1.29 is 4.74 Å². The van der Waals surface area contributed by atoms with E-state index in [0.717, 1.165) is 36.7 Å². The minimum absolute atomic E-state index is 0.763. The number of benzene rings is 1. The molecule has 0 spiro atoms. The molecule has 2 rings (SSSR count). The summed E-state index contributed by atoms with van der Waals surface area (Å²) in [7, 11) is 0. The molecular weight excluding hydrogens is 232 g/mol. The first-order chi connectivity index (χ1) is 8.38. The summed E-state index contributed by atoms with van der Waals surface area (Å²) < 4.78 is 5.52. The molecule has 0 saturated carbocycles. The number of hydrogen-bond acceptors (Lipinski definition) is 4. The van der Waals surface area contributed by atoms with Crippen molar-refractivity contribution >= 4 is 17.0 Å². The summed E-state index contributed by atoms with van der Waals surface area (Å²) in [4.78, 5) is 4.22. The molecule has 0 saturated heterocycles. The maximum absolute atomic E-state index is 5.52. The highest BCUT2D eigenvalue weighted by molar-refractivity contribution is 7.07. The predicted octanol–water partition coefficient (Wildman–Crippen LogP) is 3.54. The maximum Gasteiger partial charge on any atom is 0.119 e. The zero-order valence-electron chi connectivity index (χ0n) is 9.85. The van der Waals surface area contributed by atoms with E-state index in [1.54, 1.807) is 11.3 Å². The zero-order valence-corrected chi connectivity index (χ0v) is 10.7. The van der Waals surface area contributed by atoms with E-state index in [9.17, 15) is 0 Å². The third kappa shape index (κ3) is 3.75. The summed E-state index contributed by atoms with van der Waals surface area (Å²) >= 11 is 1.62. The lowest BCUT2D eigenvalue weighted by atomic mass is 10.3. The highest BCUT2D eigenvalue weighted by Gasteiger charge is 1.97. The lowest BCUT2D eigenvalue weighted by Gasteiger charge is -2.07. The molecule has 0 amide bonds. The van der Waals surface area contributed by atoms with E-state index in [0.29, 0.717) is 0 Å². The molecule has 1 heterocycles. The van der Waals surface area contributed by atoms with Crippen molar-refractivity contribution in [2.45, 2.75) is 19.9 Å². The molecule has 0 aliphatic heterocycles. The minimum atomic E-state index is 0.763. The third-order valence-electron chi connectivity index (χ3n) is 2.28. The molecule has 1 N–H and O–H groups in total. The van der Waals surface area contributed by atoms with Crippen LogP contribution in [0.1, 0.15) is 19.0 Å². The molecule has 4 heteroatoms. The first-order valence-corrected chi connectivity index (χ1v) is 6.66. The topological polar surface area (TPSA) is 34.1 Å². The molecule has 0 radical (unpaired) electrons. The zero-order chi connectivity index (χ0) is 11.9. The Morgan fingerprint density at radius 1 is 1.29 bits per heavy atom. The van der Waals surface area contributed by atoms with E-state index in [2.05, 4.69) is 17.2 Å². The van der Waals surface area contributed by atoms with Gasteiger partial charge in [-0.05, 0) is 30.7 Å². The Balaban J connectivity index is 1.85. The van der Waals surface area contributed by atoms with Crippen molar-refractivity contribution in [2.24, 2.45) is 0 Å². The predicted molar refractivity (Wildman–Crippen MR) is 71.7 cm³/mol.